The van der Waals surface area contributed by atoms with Crippen molar-refractivity contribution in [1.29, 1.82) is 0 Å². The third kappa shape index (κ3) is 4.85. The number of esters is 1. The van der Waals surface area contributed by atoms with Gasteiger partial charge in [0.25, 0.3) is 0 Å². The standard InChI is InChI=1S/C13H13Cl2NO4/c1-20-13(19)11(7-17)16-12(18)5-3-8-2-4-9(14)10(15)6-8/h2-6,11,17H,7H2,1H3,(H,16,18)/b5-3+/t11-/m1/s1. The van der Waals surface area contributed by atoms with E-state index in [4.69, 9.17) is 28.3 Å². The Morgan fingerprint density at radius 1 is 1.40 bits per heavy atom. The number of benzene rings is 1. The molecule has 0 heterocycles. The molecule has 2 N–H and O–H groups in total. The smallest absolute Gasteiger partial charge is 0.330 e. The molecule has 108 valence electrons. The lowest BCUT2D eigenvalue weighted by molar-refractivity contribution is -0.145. The maximum atomic E-state index is 11.6. The number of rotatable bonds is 5. The fourth-order valence-electron chi connectivity index (χ4n) is 1.33. The normalized spacial score (nSPS) is 12.2. The Morgan fingerprint density at radius 3 is 2.65 bits per heavy atom. The van der Waals surface area contributed by atoms with Crippen LogP contribution in [0.1, 0.15) is 5.56 Å². The van der Waals surface area contributed by atoms with Crippen LogP contribution in [0.3, 0.4) is 0 Å². The highest BCUT2D eigenvalue weighted by atomic mass is 35.5. The van der Waals surface area contributed by atoms with Gasteiger partial charge in [0.15, 0.2) is 6.04 Å². The Balaban J connectivity index is 2.67. The summed E-state index contributed by atoms with van der Waals surface area (Å²) in [6.07, 6.45) is 2.72. The van der Waals surface area contributed by atoms with Crippen LogP contribution in [0.25, 0.3) is 6.08 Å². The molecule has 0 bridgehead atoms. The first-order valence-electron chi connectivity index (χ1n) is 5.60. The highest BCUT2D eigenvalue weighted by Crippen LogP contribution is 2.22. The summed E-state index contributed by atoms with van der Waals surface area (Å²) in [5.74, 6) is -1.26. The SMILES string of the molecule is COC(=O)[C@@H](CO)NC(=O)/C=C/c1ccc(Cl)c(Cl)c1. The van der Waals surface area contributed by atoms with Crippen molar-refractivity contribution in [1.82, 2.24) is 5.32 Å². The summed E-state index contributed by atoms with van der Waals surface area (Å²) in [6, 6.07) is 3.79. The molecule has 7 heteroatoms. The van der Waals surface area contributed by atoms with Crippen molar-refractivity contribution in [3.8, 4) is 0 Å². The van der Waals surface area contributed by atoms with Gasteiger partial charge in [0.2, 0.25) is 5.91 Å². The summed E-state index contributed by atoms with van der Waals surface area (Å²) < 4.78 is 4.43. The molecule has 0 fully saturated rings. The molecule has 0 unspecified atom stereocenters. The summed E-state index contributed by atoms with van der Waals surface area (Å²) in [7, 11) is 1.17. The largest absolute Gasteiger partial charge is 0.467 e. The van der Waals surface area contributed by atoms with Gasteiger partial charge in [-0.1, -0.05) is 29.3 Å². The van der Waals surface area contributed by atoms with Crippen LogP contribution in [0.15, 0.2) is 24.3 Å². The molecule has 5 nitrogen and oxygen atoms in total. The Morgan fingerprint density at radius 2 is 2.10 bits per heavy atom. The van der Waals surface area contributed by atoms with Crippen molar-refractivity contribution in [2.75, 3.05) is 13.7 Å². The molecular weight excluding hydrogens is 305 g/mol. The quantitative estimate of drug-likeness (QED) is 0.639. The molecule has 0 aliphatic rings. The van der Waals surface area contributed by atoms with Gasteiger partial charge in [-0.05, 0) is 23.8 Å². The van der Waals surface area contributed by atoms with Gasteiger partial charge in [-0.15, -0.1) is 0 Å². The molecule has 1 rings (SSSR count). The van der Waals surface area contributed by atoms with Gasteiger partial charge in [0.05, 0.1) is 23.8 Å². The Bertz CT molecular complexity index is 531. The molecule has 1 aromatic carbocycles. The molecular formula is C13H13Cl2NO4. The predicted molar refractivity (Wildman–Crippen MR) is 76.5 cm³/mol. The van der Waals surface area contributed by atoms with E-state index in [0.29, 0.717) is 15.6 Å². The highest BCUT2D eigenvalue weighted by Gasteiger charge is 2.18. The summed E-state index contributed by atoms with van der Waals surface area (Å²) in [6.45, 7) is -0.543. The number of halogens is 2. The zero-order valence-electron chi connectivity index (χ0n) is 10.6. The molecule has 0 aliphatic carbocycles. The Labute approximate surface area is 126 Å². The molecule has 0 aromatic heterocycles. The number of hydrogen-bond acceptors (Lipinski definition) is 4. The first-order valence-corrected chi connectivity index (χ1v) is 6.36. The van der Waals surface area contributed by atoms with Gasteiger partial charge in [-0.3, -0.25) is 4.79 Å². The number of carbonyl (C=O) groups excluding carboxylic acids is 2. The van der Waals surface area contributed by atoms with E-state index in [0.717, 1.165) is 0 Å². The number of aliphatic hydroxyl groups excluding tert-OH is 1. The Hall–Kier alpha value is -1.56. The maximum Gasteiger partial charge on any atom is 0.330 e. The summed E-state index contributed by atoms with van der Waals surface area (Å²) in [5, 5.41) is 12.0. The van der Waals surface area contributed by atoms with Gasteiger partial charge in [0.1, 0.15) is 0 Å². The zero-order chi connectivity index (χ0) is 15.1. The van der Waals surface area contributed by atoms with Crippen molar-refractivity contribution in [2.24, 2.45) is 0 Å². The lowest BCUT2D eigenvalue weighted by atomic mass is 10.2. The van der Waals surface area contributed by atoms with E-state index < -0.39 is 24.5 Å². The van der Waals surface area contributed by atoms with Crippen LogP contribution in [0.2, 0.25) is 10.0 Å². The molecule has 0 saturated carbocycles. The molecule has 20 heavy (non-hydrogen) atoms. The van der Waals surface area contributed by atoms with Crippen LogP contribution in [0.4, 0.5) is 0 Å². The maximum absolute atomic E-state index is 11.6. The van der Waals surface area contributed by atoms with E-state index in [9.17, 15) is 9.59 Å². The van der Waals surface area contributed by atoms with Crippen LogP contribution in [-0.2, 0) is 14.3 Å². The molecule has 0 spiro atoms. The molecule has 1 aromatic rings. The molecule has 0 radical (unpaired) electrons. The fraction of sp³-hybridized carbons (Fsp3) is 0.231. The molecule has 1 atom stereocenters. The van der Waals surface area contributed by atoms with Gasteiger partial charge in [0, 0.05) is 6.08 Å². The minimum absolute atomic E-state index is 0.372. The lowest BCUT2D eigenvalue weighted by Crippen LogP contribution is -2.43. The monoisotopic (exact) mass is 317 g/mol. The van der Waals surface area contributed by atoms with Gasteiger partial charge in [-0.25, -0.2) is 4.79 Å². The van der Waals surface area contributed by atoms with Crippen molar-refractivity contribution in [3.05, 3.63) is 39.9 Å². The van der Waals surface area contributed by atoms with Crippen molar-refractivity contribution < 1.29 is 19.4 Å². The van der Waals surface area contributed by atoms with Crippen molar-refractivity contribution >= 4 is 41.2 Å². The van der Waals surface area contributed by atoms with Crippen LogP contribution in [0, 0.1) is 0 Å². The zero-order valence-corrected chi connectivity index (χ0v) is 12.1. The first-order chi connectivity index (χ1) is 9.47. The van der Waals surface area contributed by atoms with E-state index in [2.05, 4.69) is 10.1 Å². The lowest BCUT2D eigenvalue weighted by Gasteiger charge is -2.11. The number of carbonyl (C=O) groups is 2. The first kappa shape index (κ1) is 16.5. The predicted octanol–water partition coefficient (Wildman–Crippen LogP) is 1.66. The number of nitrogens with one attached hydrogen (secondary N) is 1. The van der Waals surface area contributed by atoms with E-state index >= 15 is 0 Å². The second-order valence-electron chi connectivity index (χ2n) is 3.77. The topological polar surface area (TPSA) is 75.6 Å². The minimum Gasteiger partial charge on any atom is -0.467 e. The number of methoxy groups -OCH3 is 1. The average molecular weight is 318 g/mol. The molecule has 0 aliphatic heterocycles. The number of ether oxygens (including phenoxy) is 1. The molecule has 0 saturated heterocycles. The number of hydrogen-bond donors (Lipinski definition) is 2. The van der Waals surface area contributed by atoms with Crippen LogP contribution in [0.5, 0.6) is 0 Å². The van der Waals surface area contributed by atoms with Crippen LogP contribution < -0.4 is 5.32 Å². The third-order valence-electron chi connectivity index (χ3n) is 2.36. The minimum atomic E-state index is -1.09. The van der Waals surface area contributed by atoms with E-state index in [1.165, 1.54) is 19.3 Å². The third-order valence-corrected chi connectivity index (χ3v) is 3.09. The number of amides is 1. The number of aliphatic hydroxyl groups is 1. The van der Waals surface area contributed by atoms with E-state index in [-0.39, 0.29) is 0 Å². The van der Waals surface area contributed by atoms with Gasteiger partial charge in [-0.2, -0.15) is 0 Å². The summed E-state index contributed by atoms with van der Waals surface area (Å²) >= 11 is 11.6. The Kier molecular flexibility index (Phi) is 6.51. The van der Waals surface area contributed by atoms with Gasteiger partial charge >= 0.3 is 5.97 Å². The fourth-order valence-corrected chi connectivity index (χ4v) is 1.64. The second kappa shape index (κ2) is 7.89. The van der Waals surface area contributed by atoms with Crippen molar-refractivity contribution in [2.45, 2.75) is 6.04 Å². The van der Waals surface area contributed by atoms with Crippen LogP contribution >= 0.6 is 23.2 Å². The van der Waals surface area contributed by atoms with Crippen molar-refractivity contribution in [3.63, 3.8) is 0 Å². The van der Waals surface area contributed by atoms with E-state index in [1.807, 2.05) is 0 Å². The van der Waals surface area contributed by atoms with Crippen LogP contribution in [-0.4, -0.2) is 36.7 Å². The summed E-state index contributed by atoms with van der Waals surface area (Å²) in [4.78, 5) is 22.8. The van der Waals surface area contributed by atoms with E-state index in [1.54, 1.807) is 18.2 Å². The second-order valence-corrected chi connectivity index (χ2v) is 4.59. The van der Waals surface area contributed by atoms with Gasteiger partial charge < -0.3 is 15.2 Å². The summed E-state index contributed by atoms with van der Waals surface area (Å²) in [5.41, 5.74) is 0.674. The molecule has 1 amide bonds. The average Bonchev–Trinajstić information content (AvgIpc) is 2.45. The highest BCUT2D eigenvalue weighted by molar-refractivity contribution is 6.42.